The first kappa shape index (κ1) is 18.0. The van der Waals surface area contributed by atoms with Crippen molar-refractivity contribution in [3.05, 3.63) is 60.2 Å². The van der Waals surface area contributed by atoms with Crippen LogP contribution in [0.2, 0.25) is 0 Å². The summed E-state index contributed by atoms with van der Waals surface area (Å²) in [6, 6.07) is 14.9. The maximum Gasteiger partial charge on any atom is 0.323 e. The molecule has 0 radical (unpaired) electrons. The van der Waals surface area contributed by atoms with Gasteiger partial charge in [-0.1, -0.05) is 24.3 Å². The average Bonchev–Trinajstić information content (AvgIpc) is 2.47. The van der Waals surface area contributed by atoms with E-state index in [0.717, 1.165) is 0 Å². The Morgan fingerprint density at radius 2 is 1.48 bits per heavy atom. The molecule has 120 valence electrons. The predicted molar refractivity (Wildman–Crippen MR) is 92.9 cm³/mol. The first-order valence-corrected chi connectivity index (χ1v) is 6.41. The zero-order valence-electron chi connectivity index (χ0n) is 12.0. The largest absolute Gasteiger partial charge is 0.370 e. The second-order valence-electron chi connectivity index (χ2n) is 4.37. The molecule has 0 saturated carbocycles. The third-order valence-corrected chi connectivity index (χ3v) is 2.63. The number of hydrogen-bond donors (Lipinski definition) is 4. The smallest absolute Gasteiger partial charge is 0.323 e. The van der Waals surface area contributed by atoms with E-state index in [4.69, 9.17) is 11.5 Å². The van der Waals surface area contributed by atoms with E-state index in [1.54, 1.807) is 30.3 Å². The fourth-order valence-electron chi connectivity index (χ4n) is 1.73. The molecule has 0 atom stereocenters. The Morgan fingerprint density at radius 3 is 2.13 bits per heavy atom. The van der Waals surface area contributed by atoms with Gasteiger partial charge in [-0.25, -0.2) is 4.79 Å². The Hall–Kier alpha value is -3.06. The zero-order chi connectivity index (χ0) is 15.9. The van der Waals surface area contributed by atoms with Crippen molar-refractivity contribution in [3.63, 3.8) is 0 Å². The van der Waals surface area contributed by atoms with Crippen LogP contribution in [0.4, 0.5) is 16.2 Å². The van der Waals surface area contributed by atoms with Crippen LogP contribution in [0.15, 0.2) is 59.6 Å². The number of guanidine groups is 1. The lowest BCUT2D eigenvalue weighted by molar-refractivity contribution is 0.100. The molecule has 0 heterocycles. The van der Waals surface area contributed by atoms with Gasteiger partial charge >= 0.3 is 6.03 Å². The van der Waals surface area contributed by atoms with Crippen LogP contribution in [0.1, 0.15) is 10.4 Å². The molecule has 0 bridgehead atoms. The van der Waals surface area contributed by atoms with Crippen LogP contribution in [0.25, 0.3) is 0 Å². The van der Waals surface area contributed by atoms with Crippen molar-refractivity contribution in [1.29, 1.82) is 0 Å². The minimum absolute atomic E-state index is 0. The minimum atomic E-state index is -0.577. The number of anilines is 2. The van der Waals surface area contributed by atoms with E-state index in [-0.39, 0.29) is 23.9 Å². The van der Waals surface area contributed by atoms with Gasteiger partial charge in [0.15, 0.2) is 5.96 Å². The number of para-hydroxylation sites is 1. The Balaban J connectivity index is 0.00000264. The van der Waals surface area contributed by atoms with E-state index >= 15 is 0 Å². The zero-order valence-corrected chi connectivity index (χ0v) is 12.8. The van der Waals surface area contributed by atoms with Crippen molar-refractivity contribution < 1.29 is 9.59 Å². The van der Waals surface area contributed by atoms with Gasteiger partial charge < -0.3 is 22.1 Å². The van der Waals surface area contributed by atoms with Crippen molar-refractivity contribution in [2.75, 3.05) is 10.6 Å². The van der Waals surface area contributed by atoms with Gasteiger partial charge in [0.05, 0.1) is 0 Å². The van der Waals surface area contributed by atoms with Crippen LogP contribution in [0.3, 0.4) is 0 Å². The number of nitrogens with two attached hydrogens (primary N) is 2. The number of carbonyl (C=O) groups is 2. The van der Waals surface area contributed by atoms with Gasteiger partial charge in [0.25, 0.3) is 5.91 Å². The van der Waals surface area contributed by atoms with E-state index in [9.17, 15) is 9.59 Å². The summed E-state index contributed by atoms with van der Waals surface area (Å²) in [5.41, 5.74) is 11.7. The summed E-state index contributed by atoms with van der Waals surface area (Å²) in [6.45, 7) is 0. The monoisotopic (exact) mass is 333 g/mol. The molecule has 6 N–H and O–H groups in total. The highest BCUT2D eigenvalue weighted by Crippen LogP contribution is 2.13. The number of nitrogens with one attached hydrogen (secondary N) is 2. The molecule has 0 spiro atoms. The van der Waals surface area contributed by atoms with Crippen molar-refractivity contribution in [1.82, 2.24) is 0 Å². The molecule has 7 nitrogen and oxygen atoms in total. The molecule has 0 unspecified atom stereocenters. The molecule has 3 amide bonds. The number of nitrogens with zero attached hydrogens (tertiary/aromatic N) is 1. The number of benzene rings is 2. The van der Waals surface area contributed by atoms with Gasteiger partial charge in [-0.2, -0.15) is 4.99 Å². The van der Waals surface area contributed by atoms with Gasteiger partial charge in [0.1, 0.15) is 0 Å². The van der Waals surface area contributed by atoms with Crippen LogP contribution in [0.5, 0.6) is 0 Å². The Kier molecular flexibility index (Phi) is 6.57. The van der Waals surface area contributed by atoms with Gasteiger partial charge in [-0.3, -0.25) is 4.79 Å². The van der Waals surface area contributed by atoms with Crippen molar-refractivity contribution in [2.45, 2.75) is 0 Å². The lowest BCUT2D eigenvalue weighted by atomic mass is 10.2. The van der Waals surface area contributed by atoms with E-state index in [1.807, 2.05) is 18.2 Å². The Morgan fingerprint density at radius 1 is 0.870 bits per heavy atom. The number of urea groups is 1. The summed E-state index contributed by atoms with van der Waals surface area (Å²) in [4.78, 5) is 27.0. The first-order valence-electron chi connectivity index (χ1n) is 6.41. The number of hydrogen-bond acceptors (Lipinski definition) is 2. The van der Waals surface area contributed by atoms with Crippen LogP contribution < -0.4 is 22.1 Å². The van der Waals surface area contributed by atoms with Crippen LogP contribution in [-0.2, 0) is 0 Å². The molecule has 8 heteroatoms. The molecular weight excluding hydrogens is 318 g/mol. The summed E-state index contributed by atoms with van der Waals surface area (Å²) in [6.07, 6.45) is 0. The fraction of sp³-hybridized carbons (Fsp3) is 0. The van der Waals surface area contributed by atoms with Crippen LogP contribution >= 0.6 is 12.4 Å². The summed E-state index contributed by atoms with van der Waals surface area (Å²) < 4.78 is 0. The number of aliphatic imine (C=N–C) groups is 1. The molecule has 0 aliphatic carbocycles. The highest BCUT2D eigenvalue weighted by Gasteiger charge is 2.07. The molecule has 2 aromatic rings. The van der Waals surface area contributed by atoms with Gasteiger partial charge in [0.2, 0.25) is 0 Å². The van der Waals surface area contributed by atoms with E-state index < -0.39 is 11.9 Å². The molecule has 0 fully saturated rings. The van der Waals surface area contributed by atoms with Gasteiger partial charge in [-0.15, -0.1) is 12.4 Å². The standard InChI is InChI=1S/C15H15N5O2.ClH/c16-14(17)20-13(21)10-5-4-8-12(9-10)19-15(22)18-11-6-2-1-3-7-11;/h1-9H,(H2,18,19,22)(H4,16,17,20,21);1H. The topological polar surface area (TPSA) is 123 Å². The molecule has 0 aromatic heterocycles. The quantitative estimate of drug-likeness (QED) is 0.507. The fourth-order valence-corrected chi connectivity index (χ4v) is 1.73. The summed E-state index contributed by atoms with van der Waals surface area (Å²) in [5.74, 6) is -0.891. The Bertz CT molecular complexity index is 715. The highest BCUT2D eigenvalue weighted by molar-refractivity contribution is 6.04. The summed E-state index contributed by atoms with van der Waals surface area (Å²) in [7, 11) is 0. The second-order valence-corrected chi connectivity index (χ2v) is 4.37. The Labute approximate surface area is 139 Å². The molecule has 2 aromatic carbocycles. The molecular formula is C15H16ClN5O2. The maximum absolute atomic E-state index is 11.9. The SMILES string of the molecule is Cl.NC(N)=NC(=O)c1cccc(NC(=O)Nc2ccccc2)c1. The summed E-state index contributed by atoms with van der Waals surface area (Å²) >= 11 is 0. The minimum Gasteiger partial charge on any atom is -0.370 e. The lowest BCUT2D eigenvalue weighted by Gasteiger charge is -2.08. The van der Waals surface area contributed by atoms with E-state index in [0.29, 0.717) is 11.4 Å². The first-order chi connectivity index (χ1) is 10.5. The van der Waals surface area contributed by atoms with Gasteiger partial charge in [-0.05, 0) is 30.3 Å². The lowest BCUT2D eigenvalue weighted by Crippen LogP contribution is -2.24. The third kappa shape index (κ3) is 5.68. The molecule has 2 rings (SSSR count). The molecule has 0 aliphatic heterocycles. The molecule has 0 saturated heterocycles. The van der Waals surface area contributed by atoms with Crippen LogP contribution in [-0.4, -0.2) is 17.9 Å². The van der Waals surface area contributed by atoms with E-state index in [2.05, 4.69) is 15.6 Å². The van der Waals surface area contributed by atoms with Gasteiger partial charge in [0, 0.05) is 16.9 Å². The maximum atomic E-state index is 11.9. The predicted octanol–water partition coefficient (Wildman–Crippen LogP) is 2.17. The van der Waals surface area contributed by atoms with E-state index in [1.165, 1.54) is 6.07 Å². The molecule has 0 aliphatic rings. The van der Waals surface area contributed by atoms with Crippen LogP contribution in [0, 0.1) is 0 Å². The second kappa shape index (κ2) is 8.40. The van der Waals surface area contributed by atoms with Crippen molar-refractivity contribution >= 4 is 41.7 Å². The number of rotatable bonds is 3. The molecule has 23 heavy (non-hydrogen) atoms. The number of carbonyl (C=O) groups excluding carboxylic acids is 2. The van der Waals surface area contributed by atoms with Crippen molar-refractivity contribution in [3.8, 4) is 0 Å². The normalized spacial score (nSPS) is 9.22. The number of amides is 3. The summed E-state index contributed by atoms with van der Waals surface area (Å²) in [5, 5.41) is 5.29. The highest BCUT2D eigenvalue weighted by atomic mass is 35.5. The van der Waals surface area contributed by atoms with Crippen molar-refractivity contribution in [2.24, 2.45) is 16.5 Å². The average molecular weight is 334 g/mol. The number of halogens is 1. The third-order valence-electron chi connectivity index (χ3n) is 2.63.